The highest BCUT2D eigenvalue weighted by Crippen LogP contribution is 2.22. The molecule has 1 amide bonds. The number of nitrogens with zero attached hydrogens (tertiary/aromatic N) is 3. The van der Waals surface area contributed by atoms with Crippen LogP contribution in [0.5, 0.6) is 0 Å². The summed E-state index contributed by atoms with van der Waals surface area (Å²) >= 11 is 0. The monoisotopic (exact) mass is 310 g/mol. The zero-order valence-electron chi connectivity index (χ0n) is 12.6. The number of anilines is 1. The molecule has 0 aliphatic heterocycles. The van der Waals surface area contributed by atoms with E-state index in [1.165, 1.54) is 12.1 Å². The number of rotatable bonds is 3. The summed E-state index contributed by atoms with van der Waals surface area (Å²) in [6.07, 6.45) is 1.66. The average Bonchev–Trinajstić information content (AvgIpc) is 2.92. The topological polar surface area (TPSA) is 89.5 Å². The summed E-state index contributed by atoms with van der Waals surface area (Å²) in [6.45, 7) is 3.55. The molecule has 3 aromatic rings. The first-order chi connectivity index (χ1) is 11.0. The van der Waals surface area contributed by atoms with Gasteiger partial charge in [0.05, 0.1) is 4.92 Å². The highest BCUT2D eigenvalue weighted by Gasteiger charge is 2.14. The summed E-state index contributed by atoms with van der Waals surface area (Å²) in [5.74, 6) is -0.360. The van der Waals surface area contributed by atoms with Crippen molar-refractivity contribution in [2.24, 2.45) is 0 Å². The van der Waals surface area contributed by atoms with Crippen molar-refractivity contribution in [1.29, 1.82) is 0 Å². The van der Waals surface area contributed by atoms with Crippen LogP contribution in [0.1, 0.15) is 21.7 Å². The summed E-state index contributed by atoms with van der Waals surface area (Å²) in [7, 11) is 0. The lowest BCUT2D eigenvalue weighted by atomic mass is 10.2. The van der Waals surface area contributed by atoms with Gasteiger partial charge in [0.2, 0.25) is 0 Å². The summed E-state index contributed by atoms with van der Waals surface area (Å²) in [6, 6.07) is 10.1. The van der Waals surface area contributed by atoms with E-state index in [0.29, 0.717) is 16.9 Å². The standard InChI is InChI=1S/C16H14N4O3/c1-10-8-12(6-7-14(10)20(22)23)17-16(21)13-9-19-11(2)4-3-5-15(19)18-13/h3-9H,1-2H3,(H,17,21). The largest absolute Gasteiger partial charge is 0.321 e. The molecule has 0 aliphatic rings. The summed E-state index contributed by atoms with van der Waals surface area (Å²) in [5.41, 5.74) is 2.95. The molecule has 0 unspecified atom stereocenters. The predicted molar refractivity (Wildman–Crippen MR) is 85.7 cm³/mol. The Labute approximate surface area is 131 Å². The Balaban J connectivity index is 1.87. The van der Waals surface area contributed by atoms with E-state index >= 15 is 0 Å². The zero-order chi connectivity index (χ0) is 16.6. The first-order valence-corrected chi connectivity index (χ1v) is 6.97. The van der Waals surface area contributed by atoms with Crippen LogP contribution in [0.3, 0.4) is 0 Å². The fraction of sp³-hybridized carbons (Fsp3) is 0.125. The quantitative estimate of drug-likeness (QED) is 0.594. The number of amides is 1. The minimum atomic E-state index is -0.453. The summed E-state index contributed by atoms with van der Waals surface area (Å²) < 4.78 is 1.83. The minimum absolute atomic E-state index is 0.0198. The molecule has 2 aromatic heterocycles. The maximum Gasteiger partial charge on any atom is 0.275 e. The molecule has 0 fully saturated rings. The predicted octanol–water partition coefficient (Wildman–Crippen LogP) is 3.11. The Morgan fingerprint density at radius 1 is 1.26 bits per heavy atom. The van der Waals surface area contributed by atoms with Crippen LogP contribution in [0.25, 0.3) is 5.65 Å². The van der Waals surface area contributed by atoms with Crippen LogP contribution in [0, 0.1) is 24.0 Å². The number of imidazole rings is 1. The van der Waals surface area contributed by atoms with Crippen molar-refractivity contribution < 1.29 is 9.72 Å². The highest BCUT2D eigenvalue weighted by molar-refractivity contribution is 6.03. The van der Waals surface area contributed by atoms with Gasteiger partial charge >= 0.3 is 0 Å². The number of benzene rings is 1. The Kier molecular flexibility index (Phi) is 3.53. The number of fused-ring (bicyclic) bond motifs is 1. The molecule has 7 nitrogen and oxygen atoms in total. The van der Waals surface area contributed by atoms with E-state index in [1.807, 2.05) is 29.5 Å². The molecule has 116 valence electrons. The van der Waals surface area contributed by atoms with Crippen LogP contribution in [0.4, 0.5) is 11.4 Å². The van der Waals surface area contributed by atoms with Crippen LogP contribution >= 0.6 is 0 Å². The molecule has 3 rings (SSSR count). The van der Waals surface area contributed by atoms with Crippen molar-refractivity contribution in [2.45, 2.75) is 13.8 Å². The van der Waals surface area contributed by atoms with Gasteiger partial charge in [-0.2, -0.15) is 0 Å². The van der Waals surface area contributed by atoms with Crippen molar-refractivity contribution in [2.75, 3.05) is 5.32 Å². The lowest BCUT2D eigenvalue weighted by Gasteiger charge is -2.04. The first kappa shape index (κ1) is 14.7. The molecule has 0 atom stereocenters. The van der Waals surface area contributed by atoms with Crippen LogP contribution in [-0.2, 0) is 0 Å². The van der Waals surface area contributed by atoms with E-state index < -0.39 is 4.92 Å². The van der Waals surface area contributed by atoms with Crippen molar-refractivity contribution in [3.05, 3.63) is 69.7 Å². The molecule has 0 aliphatic carbocycles. The fourth-order valence-electron chi connectivity index (χ4n) is 2.39. The Morgan fingerprint density at radius 2 is 2.04 bits per heavy atom. The van der Waals surface area contributed by atoms with Gasteiger partial charge in [-0.3, -0.25) is 14.9 Å². The fourth-order valence-corrected chi connectivity index (χ4v) is 2.39. The molecule has 23 heavy (non-hydrogen) atoms. The summed E-state index contributed by atoms with van der Waals surface area (Å²) in [5, 5.41) is 13.5. The number of aryl methyl sites for hydroxylation is 2. The highest BCUT2D eigenvalue weighted by atomic mass is 16.6. The minimum Gasteiger partial charge on any atom is -0.321 e. The van der Waals surface area contributed by atoms with E-state index in [4.69, 9.17) is 0 Å². The van der Waals surface area contributed by atoms with Crippen LogP contribution < -0.4 is 5.32 Å². The maximum atomic E-state index is 12.3. The van der Waals surface area contributed by atoms with Gasteiger partial charge < -0.3 is 9.72 Å². The molecule has 0 bridgehead atoms. The molecule has 0 spiro atoms. The summed E-state index contributed by atoms with van der Waals surface area (Å²) in [4.78, 5) is 26.9. The molecule has 7 heteroatoms. The van der Waals surface area contributed by atoms with Gasteiger partial charge in [0.15, 0.2) is 0 Å². The third kappa shape index (κ3) is 2.76. The number of hydrogen-bond acceptors (Lipinski definition) is 4. The smallest absolute Gasteiger partial charge is 0.275 e. The zero-order valence-corrected chi connectivity index (χ0v) is 12.6. The van der Waals surface area contributed by atoms with Crippen molar-refractivity contribution in [3.63, 3.8) is 0 Å². The number of carbonyl (C=O) groups excluding carboxylic acids is 1. The van der Waals surface area contributed by atoms with Crippen molar-refractivity contribution in [3.8, 4) is 0 Å². The number of hydrogen-bond donors (Lipinski definition) is 1. The van der Waals surface area contributed by atoms with E-state index in [2.05, 4.69) is 10.3 Å². The van der Waals surface area contributed by atoms with E-state index in [0.717, 1.165) is 5.69 Å². The van der Waals surface area contributed by atoms with Crippen molar-refractivity contribution >= 4 is 22.9 Å². The molecule has 0 radical (unpaired) electrons. The third-order valence-electron chi connectivity index (χ3n) is 3.58. The normalized spacial score (nSPS) is 10.7. The Bertz CT molecular complexity index is 930. The number of carbonyl (C=O) groups is 1. The van der Waals surface area contributed by atoms with Gasteiger partial charge in [-0.05, 0) is 38.1 Å². The number of aromatic nitrogens is 2. The second kappa shape index (κ2) is 5.53. The molecule has 0 saturated heterocycles. The van der Waals surface area contributed by atoms with E-state index in [1.54, 1.807) is 19.2 Å². The second-order valence-corrected chi connectivity index (χ2v) is 5.23. The van der Waals surface area contributed by atoms with Gasteiger partial charge in [0.1, 0.15) is 11.3 Å². The maximum absolute atomic E-state index is 12.3. The SMILES string of the molecule is Cc1cc(NC(=O)c2cn3c(C)cccc3n2)ccc1[N+](=O)[O-]. The molecule has 1 aromatic carbocycles. The molecule has 2 heterocycles. The van der Waals surface area contributed by atoms with Gasteiger partial charge in [-0.25, -0.2) is 4.98 Å². The Hall–Kier alpha value is -3.22. The number of nitrogens with one attached hydrogen (secondary N) is 1. The van der Waals surface area contributed by atoms with Gasteiger partial charge in [-0.15, -0.1) is 0 Å². The van der Waals surface area contributed by atoms with Gasteiger partial charge in [-0.1, -0.05) is 6.07 Å². The Morgan fingerprint density at radius 3 is 2.70 bits per heavy atom. The van der Waals surface area contributed by atoms with Crippen LogP contribution in [-0.4, -0.2) is 20.2 Å². The average molecular weight is 310 g/mol. The van der Waals surface area contributed by atoms with Crippen LogP contribution in [0.2, 0.25) is 0 Å². The van der Waals surface area contributed by atoms with Crippen molar-refractivity contribution in [1.82, 2.24) is 9.38 Å². The van der Waals surface area contributed by atoms with Gasteiger partial charge in [0.25, 0.3) is 11.6 Å². The second-order valence-electron chi connectivity index (χ2n) is 5.23. The van der Waals surface area contributed by atoms with E-state index in [9.17, 15) is 14.9 Å². The molecular formula is C16H14N4O3. The van der Waals surface area contributed by atoms with E-state index in [-0.39, 0.29) is 17.3 Å². The molecule has 0 saturated carbocycles. The third-order valence-corrected chi connectivity index (χ3v) is 3.58. The lowest BCUT2D eigenvalue weighted by molar-refractivity contribution is -0.385. The molecule has 1 N–H and O–H groups in total. The number of pyridine rings is 1. The molecular weight excluding hydrogens is 296 g/mol. The first-order valence-electron chi connectivity index (χ1n) is 6.97. The number of nitro groups is 1. The number of nitro benzene ring substituents is 1. The van der Waals surface area contributed by atoms with Crippen LogP contribution in [0.15, 0.2) is 42.6 Å². The van der Waals surface area contributed by atoms with Gasteiger partial charge in [0, 0.05) is 29.2 Å². The lowest BCUT2D eigenvalue weighted by Crippen LogP contribution is -2.12.